The van der Waals surface area contributed by atoms with Gasteiger partial charge in [0, 0.05) is 17.6 Å². The molecular weight excluding hydrogens is 350 g/mol. The molecule has 0 bridgehead atoms. The van der Waals surface area contributed by atoms with Crippen LogP contribution in [0, 0.1) is 0 Å². The molecule has 0 heterocycles. The number of nitrogens with zero attached hydrogens (tertiary/aromatic N) is 1. The van der Waals surface area contributed by atoms with Crippen LogP contribution >= 0.6 is 11.6 Å². The molecule has 0 aliphatic heterocycles. The summed E-state index contributed by atoms with van der Waals surface area (Å²) in [6, 6.07) is 6.54. The molecule has 8 heteroatoms. The molecule has 1 saturated carbocycles. The number of sulfonamides is 1. The Hall–Kier alpha value is -1.47. The second-order valence-electron chi connectivity index (χ2n) is 6.05. The summed E-state index contributed by atoms with van der Waals surface area (Å²) in [7, 11) is -3.44. The molecule has 1 fully saturated rings. The van der Waals surface area contributed by atoms with Gasteiger partial charge in [0.05, 0.1) is 18.5 Å². The Morgan fingerprint density at radius 3 is 2.42 bits per heavy atom. The topological polar surface area (TPSA) is 78.5 Å². The Labute approximate surface area is 148 Å². The maximum Gasteiger partial charge on any atom is 0.315 e. The van der Waals surface area contributed by atoms with Crippen molar-refractivity contribution in [1.29, 1.82) is 0 Å². The fraction of sp³-hybridized carbons (Fsp3) is 0.562. The smallest absolute Gasteiger partial charge is 0.315 e. The SMILES string of the molecule is CS(=O)(=O)N(CCNC(=O)NC1CCCCC1)c1ccc(Cl)cc1. The fourth-order valence-electron chi connectivity index (χ4n) is 2.85. The lowest BCUT2D eigenvalue weighted by atomic mass is 9.96. The van der Waals surface area contributed by atoms with Crippen molar-refractivity contribution >= 4 is 33.3 Å². The van der Waals surface area contributed by atoms with Crippen LogP contribution in [-0.4, -0.2) is 39.8 Å². The van der Waals surface area contributed by atoms with Gasteiger partial charge in [0.2, 0.25) is 10.0 Å². The predicted molar refractivity (Wildman–Crippen MR) is 97.0 cm³/mol. The van der Waals surface area contributed by atoms with Crippen LogP contribution in [0.2, 0.25) is 5.02 Å². The van der Waals surface area contributed by atoms with Crippen LogP contribution in [0.25, 0.3) is 0 Å². The third kappa shape index (κ3) is 5.87. The highest BCUT2D eigenvalue weighted by Crippen LogP contribution is 2.20. The highest BCUT2D eigenvalue weighted by molar-refractivity contribution is 7.92. The largest absolute Gasteiger partial charge is 0.336 e. The van der Waals surface area contributed by atoms with E-state index in [0.29, 0.717) is 10.7 Å². The van der Waals surface area contributed by atoms with Crippen molar-refractivity contribution in [2.24, 2.45) is 0 Å². The Kier molecular flexibility index (Phi) is 6.74. The van der Waals surface area contributed by atoms with Gasteiger partial charge in [-0.2, -0.15) is 0 Å². The van der Waals surface area contributed by atoms with Crippen molar-refractivity contribution in [3.63, 3.8) is 0 Å². The zero-order valence-electron chi connectivity index (χ0n) is 13.8. The maximum absolute atomic E-state index is 12.0. The van der Waals surface area contributed by atoms with Gasteiger partial charge in [-0.15, -0.1) is 0 Å². The third-order valence-corrected chi connectivity index (χ3v) is 5.50. The van der Waals surface area contributed by atoms with Gasteiger partial charge in [-0.3, -0.25) is 4.31 Å². The Morgan fingerprint density at radius 2 is 1.83 bits per heavy atom. The van der Waals surface area contributed by atoms with Crippen LogP contribution in [0.4, 0.5) is 10.5 Å². The quantitative estimate of drug-likeness (QED) is 0.804. The molecule has 24 heavy (non-hydrogen) atoms. The molecule has 2 rings (SSSR count). The normalized spacial score (nSPS) is 15.8. The van der Waals surface area contributed by atoms with E-state index in [9.17, 15) is 13.2 Å². The number of urea groups is 1. The minimum Gasteiger partial charge on any atom is -0.336 e. The number of halogens is 1. The van der Waals surface area contributed by atoms with Gasteiger partial charge in [0.25, 0.3) is 0 Å². The molecule has 0 saturated heterocycles. The highest BCUT2D eigenvalue weighted by Gasteiger charge is 2.18. The van der Waals surface area contributed by atoms with Gasteiger partial charge in [0.1, 0.15) is 0 Å². The van der Waals surface area contributed by atoms with Crippen molar-refractivity contribution in [2.75, 3.05) is 23.7 Å². The Morgan fingerprint density at radius 1 is 1.21 bits per heavy atom. The average molecular weight is 374 g/mol. The number of nitrogens with one attached hydrogen (secondary N) is 2. The molecule has 0 spiro atoms. The van der Waals surface area contributed by atoms with Crippen LogP contribution in [0.3, 0.4) is 0 Å². The van der Waals surface area contributed by atoms with Gasteiger partial charge in [-0.05, 0) is 37.1 Å². The van der Waals surface area contributed by atoms with E-state index in [2.05, 4.69) is 10.6 Å². The summed E-state index contributed by atoms with van der Waals surface area (Å²) in [6.07, 6.45) is 6.67. The summed E-state index contributed by atoms with van der Waals surface area (Å²) < 4.78 is 25.2. The first-order chi connectivity index (χ1) is 11.4. The number of amides is 2. The van der Waals surface area contributed by atoms with Crippen LogP contribution in [0.1, 0.15) is 32.1 Å². The molecule has 134 valence electrons. The van der Waals surface area contributed by atoms with Crippen LogP contribution in [0.5, 0.6) is 0 Å². The molecule has 6 nitrogen and oxygen atoms in total. The minimum atomic E-state index is -3.44. The zero-order valence-corrected chi connectivity index (χ0v) is 15.4. The summed E-state index contributed by atoms with van der Waals surface area (Å²) in [5, 5.41) is 6.21. The first kappa shape index (κ1) is 18.9. The summed E-state index contributed by atoms with van der Waals surface area (Å²) in [4.78, 5) is 11.9. The molecule has 1 aliphatic rings. The molecule has 1 aromatic carbocycles. The Balaban J connectivity index is 1.86. The lowest BCUT2D eigenvalue weighted by Crippen LogP contribution is -2.45. The van der Waals surface area contributed by atoms with Gasteiger partial charge in [-0.25, -0.2) is 13.2 Å². The second kappa shape index (κ2) is 8.58. The van der Waals surface area contributed by atoms with Crippen molar-refractivity contribution < 1.29 is 13.2 Å². The van der Waals surface area contributed by atoms with E-state index < -0.39 is 10.0 Å². The van der Waals surface area contributed by atoms with E-state index in [1.165, 1.54) is 10.7 Å². The van der Waals surface area contributed by atoms with Crippen LogP contribution < -0.4 is 14.9 Å². The molecule has 2 N–H and O–H groups in total. The lowest BCUT2D eigenvalue weighted by molar-refractivity contribution is 0.233. The maximum atomic E-state index is 12.0. The molecule has 0 radical (unpaired) electrons. The molecular formula is C16H24ClN3O3S. The summed E-state index contributed by atoms with van der Waals surface area (Å²) in [5.74, 6) is 0. The predicted octanol–water partition coefficient (Wildman–Crippen LogP) is 2.74. The number of rotatable bonds is 6. The monoisotopic (exact) mass is 373 g/mol. The van der Waals surface area contributed by atoms with Crippen LogP contribution in [-0.2, 0) is 10.0 Å². The molecule has 0 aromatic heterocycles. The lowest BCUT2D eigenvalue weighted by Gasteiger charge is -2.24. The number of carbonyl (C=O) groups is 1. The van der Waals surface area contributed by atoms with E-state index in [-0.39, 0.29) is 25.2 Å². The van der Waals surface area contributed by atoms with Crippen molar-refractivity contribution in [3.05, 3.63) is 29.3 Å². The van der Waals surface area contributed by atoms with Crippen molar-refractivity contribution in [3.8, 4) is 0 Å². The third-order valence-electron chi connectivity index (χ3n) is 4.06. The standard InChI is InChI=1S/C16H24ClN3O3S/c1-24(22,23)20(15-9-7-13(17)8-10-15)12-11-18-16(21)19-14-5-3-2-4-6-14/h7-10,14H,2-6,11-12H2,1H3,(H2,18,19,21). The van der Waals surface area contributed by atoms with Gasteiger partial charge in [0.15, 0.2) is 0 Å². The van der Waals surface area contributed by atoms with Gasteiger partial charge in [-0.1, -0.05) is 30.9 Å². The second-order valence-corrected chi connectivity index (χ2v) is 8.39. The van der Waals surface area contributed by atoms with Crippen molar-refractivity contribution in [1.82, 2.24) is 10.6 Å². The zero-order chi connectivity index (χ0) is 17.6. The van der Waals surface area contributed by atoms with Gasteiger partial charge < -0.3 is 10.6 Å². The number of anilines is 1. The highest BCUT2D eigenvalue weighted by atomic mass is 35.5. The molecule has 1 aromatic rings. The first-order valence-corrected chi connectivity index (χ1v) is 10.4. The number of hydrogen-bond acceptors (Lipinski definition) is 3. The van der Waals surface area contributed by atoms with E-state index in [4.69, 9.17) is 11.6 Å². The summed E-state index contributed by atoms with van der Waals surface area (Å²) >= 11 is 5.84. The van der Waals surface area contributed by atoms with Crippen LogP contribution in [0.15, 0.2) is 24.3 Å². The van der Waals surface area contributed by atoms with E-state index >= 15 is 0 Å². The summed E-state index contributed by atoms with van der Waals surface area (Å²) in [6.45, 7) is 0.396. The molecule has 1 aliphatic carbocycles. The Bertz CT molecular complexity index is 643. The number of benzene rings is 1. The minimum absolute atomic E-state index is 0.165. The van der Waals surface area contributed by atoms with Gasteiger partial charge >= 0.3 is 6.03 Å². The molecule has 0 atom stereocenters. The number of carbonyl (C=O) groups excluding carboxylic acids is 1. The first-order valence-electron chi connectivity index (χ1n) is 8.14. The average Bonchev–Trinajstić information content (AvgIpc) is 2.52. The fourth-order valence-corrected chi connectivity index (χ4v) is 3.90. The van der Waals surface area contributed by atoms with Crippen molar-refractivity contribution in [2.45, 2.75) is 38.1 Å². The number of hydrogen-bond donors (Lipinski definition) is 2. The molecule has 2 amide bonds. The van der Waals surface area contributed by atoms with E-state index in [1.54, 1.807) is 24.3 Å². The van der Waals surface area contributed by atoms with E-state index in [0.717, 1.165) is 31.9 Å². The summed E-state index contributed by atoms with van der Waals surface area (Å²) in [5.41, 5.74) is 0.524. The molecule has 0 unspecified atom stereocenters. The van der Waals surface area contributed by atoms with E-state index in [1.807, 2.05) is 0 Å².